The van der Waals surface area contributed by atoms with Crippen molar-refractivity contribution in [2.45, 2.75) is 37.4 Å². The van der Waals surface area contributed by atoms with Gasteiger partial charge in [0.2, 0.25) is 0 Å². The van der Waals surface area contributed by atoms with Gasteiger partial charge in [-0.25, -0.2) is 0 Å². The van der Waals surface area contributed by atoms with Gasteiger partial charge in [0.1, 0.15) is 0 Å². The summed E-state index contributed by atoms with van der Waals surface area (Å²) in [4.78, 5) is 22.3. The third-order valence-corrected chi connectivity index (χ3v) is 4.55. The molecule has 2 aliphatic rings. The Hall–Kier alpha value is -1.21. The van der Waals surface area contributed by atoms with E-state index in [1.807, 2.05) is 0 Å². The Labute approximate surface area is 99.3 Å². The van der Waals surface area contributed by atoms with Gasteiger partial charge < -0.3 is 0 Å². The molecule has 1 heterocycles. The van der Waals surface area contributed by atoms with Gasteiger partial charge in [0, 0.05) is 12.2 Å². The van der Waals surface area contributed by atoms with E-state index in [1.54, 1.807) is 0 Å². The lowest BCUT2D eigenvalue weighted by Gasteiger charge is -2.22. The Morgan fingerprint density at radius 1 is 1.06 bits per heavy atom. The number of rotatable bonds is 3. The maximum atomic E-state index is 11.8. The Balaban J connectivity index is 2.06. The van der Waals surface area contributed by atoms with Crippen molar-refractivity contribution in [3.05, 3.63) is 12.2 Å². The summed E-state index contributed by atoms with van der Waals surface area (Å²) in [6.45, 7) is 0. The average molecular weight is 259 g/mol. The summed E-state index contributed by atoms with van der Waals surface area (Å²) in [5.74, 6) is -1.51. The summed E-state index contributed by atoms with van der Waals surface area (Å²) in [6.07, 6.45) is 5.67. The first-order valence-corrected chi connectivity index (χ1v) is 6.97. The van der Waals surface area contributed by atoms with E-state index < -0.39 is 27.2 Å². The number of hydrogen-bond donors (Lipinski definition) is 0. The molecule has 1 aliphatic carbocycles. The van der Waals surface area contributed by atoms with Gasteiger partial charge in [0.15, 0.2) is 0 Å². The van der Waals surface area contributed by atoms with Gasteiger partial charge in [-0.2, -0.15) is 8.42 Å². The molecule has 0 aromatic rings. The van der Waals surface area contributed by atoms with Crippen LogP contribution in [0.2, 0.25) is 0 Å². The molecule has 7 heteroatoms. The fraction of sp³-hybridized carbons (Fsp3) is 0.600. The van der Waals surface area contributed by atoms with Crippen LogP contribution < -0.4 is 0 Å². The van der Waals surface area contributed by atoms with Gasteiger partial charge in [-0.1, -0.05) is 19.3 Å². The van der Waals surface area contributed by atoms with Gasteiger partial charge in [-0.15, -0.1) is 9.35 Å². The molecule has 6 nitrogen and oxygen atoms in total. The molecule has 0 unspecified atom stereocenters. The second kappa shape index (κ2) is 4.58. The van der Waals surface area contributed by atoms with Crippen molar-refractivity contribution in [3.63, 3.8) is 0 Å². The fourth-order valence-corrected chi connectivity index (χ4v) is 3.37. The van der Waals surface area contributed by atoms with Crippen LogP contribution in [0.3, 0.4) is 0 Å². The topological polar surface area (TPSA) is 80.8 Å². The van der Waals surface area contributed by atoms with E-state index in [1.165, 1.54) is 0 Å². The van der Waals surface area contributed by atoms with Crippen LogP contribution in [0.25, 0.3) is 0 Å². The third kappa shape index (κ3) is 2.55. The highest BCUT2D eigenvalue weighted by atomic mass is 32.2. The lowest BCUT2D eigenvalue weighted by atomic mass is 10.0. The smallest absolute Gasteiger partial charge is 0.267 e. The molecule has 1 fully saturated rings. The van der Waals surface area contributed by atoms with Crippen molar-refractivity contribution in [2.75, 3.05) is 0 Å². The normalized spacial score (nSPS) is 22.5. The van der Waals surface area contributed by atoms with E-state index >= 15 is 0 Å². The highest BCUT2D eigenvalue weighted by Gasteiger charge is 2.35. The molecule has 0 aromatic heterocycles. The summed E-state index contributed by atoms with van der Waals surface area (Å²) in [6, 6.07) is 0. The van der Waals surface area contributed by atoms with Crippen LogP contribution in [0.15, 0.2) is 12.2 Å². The van der Waals surface area contributed by atoms with Crippen LogP contribution in [0.1, 0.15) is 32.1 Å². The minimum absolute atomic E-state index is 0.296. The Kier molecular flexibility index (Phi) is 3.30. The average Bonchev–Trinajstić information content (AvgIpc) is 2.62. The molecule has 2 amide bonds. The maximum absolute atomic E-state index is 11.8. The summed E-state index contributed by atoms with van der Waals surface area (Å²) in [7, 11) is -3.89. The molecule has 0 bridgehead atoms. The van der Waals surface area contributed by atoms with Crippen molar-refractivity contribution in [3.8, 4) is 0 Å². The molecule has 94 valence electrons. The zero-order valence-electron chi connectivity index (χ0n) is 9.16. The molecule has 0 radical (unpaired) electrons. The van der Waals surface area contributed by atoms with Crippen LogP contribution in [0.5, 0.6) is 0 Å². The molecular weight excluding hydrogens is 246 g/mol. The minimum Gasteiger partial charge on any atom is -0.267 e. The Bertz CT molecular complexity index is 443. The van der Waals surface area contributed by atoms with Crippen LogP contribution in [0, 0.1) is 0 Å². The van der Waals surface area contributed by atoms with Crippen molar-refractivity contribution in [2.24, 2.45) is 0 Å². The van der Waals surface area contributed by atoms with Gasteiger partial charge in [-0.3, -0.25) is 9.59 Å². The first-order valence-electron chi connectivity index (χ1n) is 5.50. The number of hydrogen-bond acceptors (Lipinski definition) is 5. The largest absolute Gasteiger partial charge is 0.291 e. The zero-order valence-corrected chi connectivity index (χ0v) is 9.98. The van der Waals surface area contributed by atoms with Crippen molar-refractivity contribution in [1.29, 1.82) is 0 Å². The van der Waals surface area contributed by atoms with Gasteiger partial charge in [0.25, 0.3) is 21.9 Å². The minimum atomic E-state index is -3.89. The van der Waals surface area contributed by atoms with E-state index in [0.717, 1.165) is 31.4 Å². The molecule has 1 saturated carbocycles. The third-order valence-electron chi connectivity index (χ3n) is 2.91. The number of nitrogens with zero attached hydrogens (tertiary/aromatic N) is 1. The summed E-state index contributed by atoms with van der Waals surface area (Å²) in [5, 5.41) is -0.318. The van der Waals surface area contributed by atoms with E-state index in [-0.39, 0.29) is 0 Å². The number of carbonyl (C=O) groups excluding carboxylic acids is 2. The predicted octanol–water partition coefficient (Wildman–Crippen LogP) is 0.505. The molecule has 0 saturated heterocycles. The van der Waals surface area contributed by atoms with Crippen molar-refractivity contribution < 1.29 is 22.3 Å². The second-order valence-electron chi connectivity index (χ2n) is 4.13. The van der Waals surface area contributed by atoms with Crippen LogP contribution >= 0.6 is 0 Å². The molecule has 17 heavy (non-hydrogen) atoms. The van der Waals surface area contributed by atoms with Gasteiger partial charge in [0.05, 0.1) is 5.25 Å². The molecule has 0 atom stereocenters. The molecular formula is C10H13NO5S. The van der Waals surface area contributed by atoms with E-state index in [4.69, 9.17) is 0 Å². The summed E-state index contributed by atoms with van der Waals surface area (Å²) in [5.41, 5.74) is 0. The van der Waals surface area contributed by atoms with E-state index in [9.17, 15) is 18.0 Å². The molecule has 0 spiro atoms. The number of carbonyl (C=O) groups is 2. The SMILES string of the molecule is O=C1C=CC(=O)N1OS(=O)(=O)C1CCCCC1. The van der Waals surface area contributed by atoms with Crippen LogP contribution in [0.4, 0.5) is 0 Å². The van der Waals surface area contributed by atoms with Gasteiger partial charge >= 0.3 is 0 Å². The Morgan fingerprint density at radius 3 is 2.12 bits per heavy atom. The monoisotopic (exact) mass is 259 g/mol. The second-order valence-corrected chi connectivity index (χ2v) is 5.93. The molecule has 1 aliphatic heterocycles. The lowest BCUT2D eigenvalue weighted by molar-refractivity contribution is -0.162. The van der Waals surface area contributed by atoms with Gasteiger partial charge in [-0.05, 0) is 12.8 Å². The highest BCUT2D eigenvalue weighted by molar-refractivity contribution is 7.87. The molecule has 2 rings (SSSR count). The lowest BCUT2D eigenvalue weighted by Crippen LogP contribution is -2.37. The van der Waals surface area contributed by atoms with E-state index in [2.05, 4.69) is 4.28 Å². The highest BCUT2D eigenvalue weighted by Crippen LogP contribution is 2.25. The first-order chi connectivity index (χ1) is 8.00. The number of hydroxylamine groups is 2. The number of amides is 2. The number of imide groups is 1. The molecule has 0 N–H and O–H groups in total. The summed E-state index contributed by atoms with van der Waals surface area (Å²) < 4.78 is 28.3. The fourth-order valence-electron chi connectivity index (χ4n) is 1.98. The van der Waals surface area contributed by atoms with E-state index in [0.29, 0.717) is 17.9 Å². The predicted molar refractivity (Wildman–Crippen MR) is 57.9 cm³/mol. The van der Waals surface area contributed by atoms with Crippen LogP contribution in [-0.2, 0) is 24.0 Å². The van der Waals surface area contributed by atoms with Crippen molar-refractivity contribution in [1.82, 2.24) is 5.06 Å². The Morgan fingerprint density at radius 2 is 1.59 bits per heavy atom. The van der Waals surface area contributed by atoms with Crippen molar-refractivity contribution >= 4 is 21.9 Å². The van der Waals surface area contributed by atoms with Crippen LogP contribution in [-0.4, -0.2) is 30.5 Å². The maximum Gasteiger partial charge on any atom is 0.291 e. The summed E-state index contributed by atoms with van der Waals surface area (Å²) >= 11 is 0. The zero-order chi connectivity index (χ0) is 12.5. The quantitative estimate of drug-likeness (QED) is 0.690. The standard InChI is InChI=1S/C10H13NO5S/c12-9-6-7-10(13)11(9)16-17(14,15)8-4-2-1-3-5-8/h6-8H,1-5H2. The molecule has 0 aromatic carbocycles. The first kappa shape index (κ1) is 12.3.